The predicted molar refractivity (Wildman–Crippen MR) is 199 cm³/mol. The van der Waals surface area contributed by atoms with Gasteiger partial charge in [0.05, 0.1) is 0 Å². The average molecular weight is 598 g/mol. The van der Waals surface area contributed by atoms with E-state index in [1.165, 1.54) is 87.1 Å². The Morgan fingerprint density at radius 3 is 2.15 bits per heavy atom. The third-order valence-electron chi connectivity index (χ3n) is 9.68. The molecule has 1 aliphatic heterocycles. The van der Waals surface area contributed by atoms with Crippen LogP contribution in [0.15, 0.2) is 133 Å². The molecule has 0 bridgehead atoms. The van der Waals surface area contributed by atoms with E-state index < -0.39 is 0 Å². The summed E-state index contributed by atoms with van der Waals surface area (Å²) in [7, 11) is 0. The van der Waals surface area contributed by atoms with Gasteiger partial charge >= 0.3 is 0 Å². The number of nitrogens with zero attached hydrogens (tertiary/aromatic N) is 1. The van der Waals surface area contributed by atoms with E-state index in [9.17, 15) is 0 Å². The molecule has 5 aromatic rings. The number of hydrogen-bond acceptors (Lipinski definition) is 1. The second-order valence-electron chi connectivity index (χ2n) is 13.1. The van der Waals surface area contributed by atoms with E-state index in [0.717, 1.165) is 6.42 Å². The van der Waals surface area contributed by atoms with Crippen molar-refractivity contribution in [3.05, 3.63) is 178 Å². The number of hydrogen-bond donors (Lipinski definition) is 0. The lowest BCUT2D eigenvalue weighted by molar-refractivity contribution is 0.402. The van der Waals surface area contributed by atoms with Gasteiger partial charge in [-0.25, -0.2) is 0 Å². The molecule has 228 valence electrons. The van der Waals surface area contributed by atoms with Gasteiger partial charge in [0, 0.05) is 23.3 Å². The second kappa shape index (κ2) is 13.6. The van der Waals surface area contributed by atoms with Crippen LogP contribution in [0.5, 0.6) is 0 Å². The van der Waals surface area contributed by atoms with Crippen LogP contribution in [-0.2, 0) is 6.42 Å². The Hall–Kier alpha value is -4.88. The van der Waals surface area contributed by atoms with Gasteiger partial charge in [0.25, 0.3) is 0 Å². The molecule has 5 aromatic carbocycles. The molecule has 2 atom stereocenters. The molecular weight excluding hydrogens is 555 g/mol. The van der Waals surface area contributed by atoms with Crippen LogP contribution in [0.1, 0.15) is 83.0 Å². The van der Waals surface area contributed by atoms with Crippen molar-refractivity contribution in [3.63, 3.8) is 0 Å². The molecule has 7 rings (SSSR count). The first kappa shape index (κ1) is 29.8. The van der Waals surface area contributed by atoms with Crippen LogP contribution in [0.2, 0.25) is 0 Å². The van der Waals surface area contributed by atoms with E-state index in [0.29, 0.717) is 12.0 Å². The average Bonchev–Trinajstić information content (AvgIpc) is 3.42. The van der Waals surface area contributed by atoms with E-state index in [2.05, 4.69) is 170 Å². The van der Waals surface area contributed by atoms with E-state index in [4.69, 9.17) is 0 Å². The summed E-state index contributed by atoms with van der Waals surface area (Å²) >= 11 is 0. The molecule has 0 N–H and O–H groups in total. The van der Waals surface area contributed by atoms with Gasteiger partial charge < -0.3 is 4.90 Å². The standard InChI is InChI=1S/C45H43N/c1-33-21-23-35(24-22-33)13-9-10-16-37-25-26-45-43(32-37)42-19-11-12-20-44(42)46(45)41-30-38(27-34(2)40-17-7-4-8-18-40)29-39(31-41)28-36-14-5-3-6-15-36/h3-10,13-18,21-27,29-32,42,44H,11-12,19-20,28H2,1-2H3. The highest BCUT2D eigenvalue weighted by Crippen LogP contribution is 2.51. The minimum Gasteiger partial charge on any atom is -0.337 e. The zero-order valence-electron chi connectivity index (χ0n) is 27.1. The maximum atomic E-state index is 2.69. The molecule has 1 aliphatic carbocycles. The van der Waals surface area contributed by atoms with Gasteiger partial charge in [0.15, 0.2) is 0 Å². The Morgan fingerprint density at radius 1 is 0.674 bits per heavy atom. The van der Waals surface area contributed by atoms with Crippen LogP contribution < -0.4 is 4.90 Å². The SMILES string of the molecule is CC(=Cc1cc(Cc2ccccc2)cc(N2c3ccc(C=CC=Cc4ccc(C)cc4)cc3C3CCCCC32)c1)c1ccccc1. The van der Waals surface area contributed by atoms with Crippen LogP contribution in [0.3, 0.4) is 0 Å². The van der Waals surface area contributed by atoms with Crippen molar-refractivity contribution in [3.8, 4) is 0 Å². The zero-order valence-corrected chi connectivity index (χ0v) is 27.1. The Labute approximate surface area is 275 Å². The van der Waals surface area contributed by atoms with Crippen LogP contribution in [0.25, 0.3) is 23.8 Å². The Balaban J connectivity index is 1.24. The van der Waals surface area contributed by atoms with Gasteiger partial charge in [-0.2, -0.15) is 0 Å². The summed E-state index contributed by atoms with van der Waals surface area (Å²) in [6, 6.07) is 45.2. The van der Waals surface area contributed by atoms with Crippen molar-refractivity contribution >= 4 is 35.2 Å². The third-order valence-corrected chi connectivity index (χ3v) is 9.68. The maximum absolute atomic E-state index is 2.69. The molecule has 2 unspecified atom stereocenters. The van der Waals surface area contributed by atoms with E-state index >= 15 is 0 Å². The van der Waals surface area contributed by atoms with Crippen molar-refractivity contribution in [2.24, 2.45) is 0 Å². The van der Waals surface area contributed by atoms with Crippen LogP contribution in [0.4, 0.5) is 11.4 Å². The smallest absolute Gasteiger partial charge is 0.0450 e. The van der Waals surface area contributed by atoms with Gasteiger partial charge in [-0.3, -0.25) is 0 Å². The highest BCUT2D eigenvalue weighted by atomic mass is 15.2. The first-order chi connectivity index (χ1) is 22.6. The molecule has 1 nitrogen and oxygen atoms in total. The van der Waals surface area contributed by atoms with E-state index in [1.54, 1.807) is 0 Å². The summed E-state index contributed by atoms with van der Waals surface area (Å²) in [4.78, 5) is 2.69. The van der Waals surface area contributed by atoms with E-state index in [1.807, 2.05) is 0 Å². The Bertz CT molecular complexity index is 1880. The minimum atomic E-state index is 0.503. The molecule has 1 fully saturated rings. The minimum absolute atomic E-state index is 0.503. The third kappa shape index (κ3) is 6.70. The van der Waals surface area contributed by atoms with Gasteiger partial charge in [0.1, 0.15) is 0 Å². The molecule has 0 radical (unpaired) electrons. The van der Waals surface area contributed by atoms with Crippen molar-refractivity contribution in [2.45, 2.75) is 57.9 Å². The molecule has 46 heavy (non-hydrogen) atoms. The number of anilines is 2. The summed E-state index contributed by atoms with van der Waals surface area (Å²) < 4.78 is 0. The summed E-state index contributed by atoms with van der Waals surface area (Å²) in [5.41, 5.74) is 14.5. The molecule has 1 saturated carbocycles. The van der Waals surface area contributed by atoms with Crippen molar-refractivity contribution in [1.29, 1.82) is 0 Å². The van der Waals surface area contributed by atoms with Crippen molar-refractivity contribution < 1.29 is 0 Å². The lowest BCUT2D eigenvalue weighted by Gasteiger charge is -2.34. The molecule has 0 amide bonds. The van der Waals surface area contributed by atoms with Gasteiger partial charge in [0.2, 0.25) is 0 Å². The first-order valence-electron chi connectivity index (χ1n) is 16.9. The highest BCUT2D eigenvalue weighted by molar-refractivity contribution is 5.83. The predicted octanol–water partition coefficient (Wildman–Crippen LogP) is 12.1. The second-order valence-corrected chi connectivity index (χ2v) is 13.1. The van der Waals surface area contributed by atoms with Gasteiger partial charge in [-0.1, -0.05) is 146 Å². The summed E-state index contributed by atoms with van der Waals surface area (Å²) in [6.07, 6.45) is 17.1. The molecular formula is C45H43N. The lowest BCUT2D eigenvalue weighted by Crippen LogP contribution is -2.32. The fourth-order valence-electron chi connectivity index (χ4n) is 7.39. The van der Waals surface area contributed by atoms with Crippen molar-refractivity contribution in [1.82, 2.24) is 0 Å². The quantitative estimate of drug-likeness (QED) is 0.127. The first-order valence-corrected chi connectivity index (χ1v) is 16.9. The largest absolute Gasteiger partial charge is 0.337 e. The molecule has 2 aliphatic rings. The monoisotopic (exact) mass is 597 g/mol. The molecule has 1 heteroatoms. The Kier molecular flexibility index (Phi) is 8.83. The summed E-state index contributed by atoms with van der Waals surface area (Å²) in [5.74, 6) is 0.572. The number of allylic oxidation sites excluding steroid dienone is 3. The zero-order chi connectivity index (χ0) is 31.3. The molecule has 0 aromatic heterocycles. The summed E-state index contributed by atoms with van der Waals surface area (Å²) in [6.45, 7) is 4.36. The highest BCUT2D eigenvalue weighted by Gasteiger charge is 2.40. The topological polar surface area (TPSA) is 3.24 Å². The van der Waals surface area contributed by atoms with Gasteiger partial charge in [-0.05, 0) is 102 Å². The summed E-state index contributed by atoms with van der Waals surface area (Å²) in [5, 5.41) is 0. The molecule has 0 spiro atoms. The van der Waals surface area contributed by atoms with Crippen LogP contribution in [0, 0.1) is 6.92 Å². The number of rotatable bonds is 8. The number of aryl methyl sites for hydroxylation is 1. The molecule has 1 heterocycles. The normalized spacial score (nSPS) is 17.9. The number of fused-ring (bicyclic) bond motifs is 3. The fraction of sp³-hybridized carbons (Fsp3) is 0.200. The fourth-order valence-corrected chi connectivity index (χ4v) is 7.39. The number of benzene rings is 5. The lowest BCUT2D eigenvalue weighted by atomic mass is 9.82. The Morgan fingerprint density at radius 2 is 1.37 bits per heavy atom. The van der Waals surface area contributed by atoms with Gasteiger partial charge in [-0.15, -0.1) is 0 Å². The van der Waals surface area contributed by atoms with Crippen LogP contribution in [-0.4, -0.2) is 6.04 Å². The van der Waals surface area contributed by atoms with Crippen molar-refractivity contribution in [2.75, 3.05) is 4.90 Å². The molecule has 0 saturated heterocycles. The maximum Gasteiger partial charge on any atom is 0.0450 e. The van der Waals surface area contributed by atoms with Crippen LogP contribution >= 0.6 is 0 Å². The van der Waals surface area contributed by atoms with E-state index in [-0.39, 0.29) is 0 Å².